The van der Waals surface area contributed by atoms with Crippen LogP contribution in [-0.2, 0) is 0 Å². The Kier molecular flexibility index (Phi) is 6.17. The van der Waals surface area contributed by atoms with Crippen LogP contribution in [0.1, 0.15) is 0 Å². The lowest BCUT2D eigenvalue weighted by atomic mass is 9.83. The standard InChI is InChI=1S/C44H28N2/c1-2-10-30(11-3-1)43-37-16-8-9-17-38(37)44(40-26-31-12-4-5-13-34(31)35-14-6-7-15-36(35)40)41-27-32(18-20-39(41)43)42-21-19-33(28-46-42)29-22-24-45-25-23-29/h1-28H. The molecule has 0 spiro atoms. The van der Waals surface area contributed by atoms with Crippen LogP contribution >= 0.6 is 0 Å². The van der Waals surface area contributed by atoms with E-state index in [4.69, 9.17) is 4.98 Å². The molecule has 0 N–H and O–H groups in total. The van der Waals surface area contributed by atoms with E-state index < -0.39 is 0 Å². The van der Waals surface area contributed by atoms with Gasteiger partial charge in [-0.2, -0.15) is 0 Å². The molecule has 0 amide bonds. The first-order valence-electron chi connectivity index (χ1n) is 15.6. The van der Waals surface area contributed by atoms with E-state index in [2.05, 4.69) is 145 Å². The number of rotatable bonds is 4. The van der Waals surface area contributed by atoms with E-state index in [0.29, 0.717) is 0 Å². The van der Waals surface area contributed by atoms with Gasteiger partial charge in [0.05, 0.1) is 5.69 Å². The van der Waals surface area contributed by atoms with E-state index in [9.17, 15) is 0 Å². The predicted molar refractivity (Wildman–Crippen MR) is 194 cm³/mol. The van der Waals surface area contributed by atoms with E-state index in [0.717, 1.165) is 22.4 Å². The predicted octanol–water partition coefficient (Wildman–Crippen LogP) is 11.8. The van der Waals surface area contributed by atoms with Crippen molar-refractivity contribution in [3.63, 3.8) is 0 Å². The van der Waals surface area contributed by atoms with Gasteiger partial charge in [-0.1, -0.05) is 121 Å². The molecule has 214 valence electrons. The van der Waals surface area contributed by atoms with Gasteiger partial charge in [0.25, 0.3) is 0 Å². The maximum Gasteiger partial charge on any atom is 0.0702 e. The number of hydrogen-bond donors (Lipinski definition) is 0. The van der Waals surface area contributed by atoms with Crippen molar-refractivity contribution in [3.05, 3.63) is 170 Å². The fourth-order valence-electron chi connectivity index (χ4n) is 7.08. The van der Waals surface area contributed by atoms with Gasteiger partial charge in [-0.3, -0.25) is 9.97 Å². The molecule has 0 aliphatic rings. The lowest BCUT2D eigenvalue weighted by Gasteiger charge is -2.20. The van der Waals surface area contributed by atoms with Crippen LogP contribution in [0.5, 0.6) is 0 Å². The van der Waals surface area contributed by atoms with Gasteiger partial charge in [0.2, 0.25) is 0 Å². The quantitative estimate of drug-likeness (QED) is 0.152. The number of benzene rings is 7. The summed E-state index contributed by atoms with van der Waals surface area (Å²) in [4.78, 5) is 9.11. The van der Waals surface area contributed by atoms with Crippen molar-refractivity contribution in [1.82, 2.24) is 9.97 Å². The summed E-state index contributed by atoms with van der Waals surface area (Å²) in [5, 5.41) is 9.98. The Morgan fingerprint density at radius 2 is 0.978 bits per heavy atom. The second-order valence-corrected chi connectivity index (χ2v) is 11.8. The molecule has 0 radical (unpaired) electrons. The minimum atomic E-state index is 0.948. The molecule has 2 heteroatoms. The molecule has 2 heterocycles. The maximum atomic E-state index is 4.95. The van der Waals surface area contributed by atoms with Crippen LogP contribution in [0.25, 0.3) is 87.7 Å². The lowest BCUT2D eigenvalue weighted by molar-refractivity contribution is 1.30. The van der Waals surface area contributed by atoms with Crippen LogP contribution < -0.4 is 0 Å². The van der Waals surface area contributed by atoms with Gasteiger partial charge in [-0.15, -0.1) is 0 Å². The molecule has 0 saturated heterocycles. The van der Waals surface area contributed by atoms with Gasteiger partial charge < -0.3 is 0 Å². The molecule has 0 aliphatic heterocycles. The summed E-state index contributed by atoms with van der Waals surface area (Å²) in [6.45, 7) is 0. The monoisotopic (exact) mass is 584 g/mol. The smallest absolute Gasteiger partial charge is 0.0702 e. The van der Waals surface area contributed by atoms with E-state index in [1.807, 2.05) is 30.7 Å². The molecule has 2 aromatic heterocycles. The van der Waals surface area contributed by atoms with Crippen LogP contribution in [0.15, 0.2) is 170 Å². The molecular weight excluding hydrogens is 556 g/mol. The summed E-state index contributed by atoms with van der Waals surface area (Å²) >= 11 is 0. The molecule has 2 nitrogen and oxygen atoms in total. The van der Waals surface area contributed by atoms with Gasteiger partial charge >= 0.3 is 0 Å². The van der Waals surface area contributed by atoms with Gasteiger partial charge in [0.1, 0.15) is 0 Å². The molecule has 0 atom stereocenters. The number of aromatic nitrogens is 2. The number of nitrogens with zero attached hydrogens (tertiary/aromatic N) is 2. The Morgan fingerprint density at radius 3 is 1.74 bits per heavy atom. The molecule has 0 fully saturated rings. The first kappa shape index (κ1) is 26.3. The van der Waals surface area contributed by atoms with E-state index in [-0.39, 0.29) is 0 Å². The topological polar surface area (TPSA) is 25.8 Å². The van der Waals surface area contributed by atoms with Crippen molar-refractivity contribution in [2.24, 2.45) is 0 Å². The summed E-state index contributed by atoms with van der Waals surface area (Å²) in [6, 6.07) is 54.8. The van der Waals surface area contributed by atoms with Crippen LogP contribution in [0, 0.1) is 0 Å². The molecule has 46 heavy (non-hydrogen) atoms. The van der Waals surface area contributed by atoms with Gasteiger partial charge in [0.15, 0.2) is 0 Å². The highest BCUT2D eigenvalue weighted by molar-refractivity contribution is 6.26. The van der Waals surface area contributed by atoms with Crippen molar-refractivity contribution in [2.75, 3.05) is 0 Å². The zero-order valence-corrected chi connectivity index (χ0v) is 25.1. The van der Waals surface area contributed by atoms with Crippen LogP contribution in [0.2, 0.25) is 0 Å². The lowest BCUT2D eigenvalue weighted by Crippen LogP contribution is -1.93. The fourth-order valence-corrected chi connectivity index (χ4v) is 7.08. The summed E-state index contributed by atoms with van der Waals surface area (Å²) in [5.74, 6) is 0. The third kappa shape index (κ3) is 4.27. The molecule has 9 rings (SSSR count). The van der Waals surface area contributed by atoms with Gasteiger partial charge in [-0.05, 0) is 101 Å². The van der Waals surface area contributed by atoms with E-state index in [1.54, 1.807) is 0 Å². The molecular formula is C44H28N2. The largest absolute Gasteiger partial charge is 0.265 e. The summed E-state index contributed by atoms with van der Waals surface area (Å²) in [5.41, 5.74) is 9.19. The summed E-state index contributed by atoms with van der Waals surface area (Å²) in [6.07, 6.45) is 5.60. The Bertz CT molecular complexity index is 2550. The average molecular weight is 585 g/mol. The van der Waals surface area contributed by atoms with Crippen molar-refractivity contribution < 1.29 is 0 Å². The normalized spacial score (nSPS) is 11.5. The SMILES string of the molecule is c1ccc(-c2c3ccccc3c(-c3cc4ccccc4c4ccccc34)c3cc(-c4ccc(-c5ccncc5)cn4)ccc23)cc1. The minimum absolute atomic E-state index is 0.948. The zero-order chi connectivity index (χ0) is 30.5. The second-order valence-electron chi connectivity index (χ2n) is 11.8. The van der Waals surface area contributed by atoms with Crippen molar-refractivity contribution in [1.29, 1.82) is 0 Å². The Morgan fingerprint density at radius 1 is 0.348 bits per heavy atom. The Hall–Kier alpha value is -6.12. The van der Waals surface area contributed by atoms with Crippen LogP contribution in [0.3, 0.4) is 0 Å². The first-order valence-corrected chi connectivity index (χ1v) is 15.6. The van der Waals surface area contributed by atoms with Crippen molar-refractivity contribution in [3.8, 4) is 44.6 Å². The molecule has 7 aromatic carbocycles. The Balaban J connectivity index is 1.38. The van der Waals surface area contributed by atoms with Crippen molar-refractivity contribution >= 4 is 43.1 Å². The molecule has 0 unspecified atom stereocenters. The molecule has 0 saturated carbocycles. The van der Waals surface area contributed by atoms with Gasteiger partial charge in [0, 0.05) is 29.7 Å². The second kappa shape index (κ2) is 10.8. The van der Waals surface area contributed by atoms with Crippen molar-refractivity contribution in [2.45, 2.75) is 0 Å². The number of hydrogen-bond acceptors (Lipinski definition) is 2. The minimum Gasteiger partial charge on any atom is -0.265 e. The van der Waals surface area contributed by atoms with Crippen LogP contribution in [0.4, 0.5) is 0 Å². The molecule has 0 bridgehead atoms. The van der Waals surface area contributed by atoms with Gasteiger partial charge in [-0.25, -0.2) is 0 Å². The summed E-state index contributed by atoms with van der Waals surface area (Å²) < 4.78 is 0. The molecule has 0 aliphatic carbocycles. The fraction of sp³-hybridized carbons (Fsp3) is 0. The Labute approximate surface area is 267 Å². The highest BCUT2D eigenvalue weighted by Gasteiger charge is 2.19. The van der Waals surface area contributed by atoms with Crippen LogP contribution in [-0.4, -0.2) is 9.97 Å². The third-order valence-corrected chi connectivity index (χ3v) is 9.20. The number of fused-ring (bicyclic) bond motifs is 5. The highest BCUT2D eigenvalue weighted by Crippen LogP contribution is 2.47. The highest BCUT2D eigenvalue weighted by atomic mass is 14.7. The van der Waals surface area contributed by atoms with E-state index >= 15 is 0 Å². The maximum absolute atomic E-state index is 4.95. The number of pyridine rings is 2. The first-order chi connectivity index (χ1) is 22.8. The van der Waals surface area contributed by atoms with E-state index in [1.165, 1.54) is 65.3 Å². The third-order valence-electron chi connectivity index (χ3n) is 9.20. The zero-order valence-electron chi connectivity index (χ0n) is 25.1. The summed E-state index contributed by atoms with van der Waals surface area (Å²) in [7, 11) is 0. The average Bonchev–Trinajstić information content (AvgIpc) is 3.14. The molecule has 9 aromatic rings.